The predicted molar refractivity (Wildman–Crippen MR) is 78.8 cm³/mol. The molecule has 112 valence electrons. The summed E-state index contributed by atoms with van der Waals surface area (Å²) >= 11 is 0. The molecular formula is C14H18N4O3. The van der Waals surface area contributed by atoms with E-state index in [9.17, 15) is 9.59 Å². The molecule has 0 radical (unpaired) electrons. The molecule has 0 saturated carbocycles. The fourth-order valence-corrected chi connectivity index (χ4v) is 2.12. The largest absolute Gasteiger partial charge is 0.466 e. The Morgan fingerprint density at radius 2 is 2.24 bits per heavy atom. The van der Waals surface area contributed by atoms with Gasteiger partial charge >= 0.3 is 5.97 Å². The second kappa shape index (κ2) is 6.34. The third-order valence-electron chi connectivity index (χ3n) is 3.12. The van der Waals surface area contributed by atoms with Gasteiger partial charge in [0.25, 0.3) is 5.56 Å². The maximum absolute atomic E-state index is 12.4. The Morgan fingerprint density at radius 3 is 2.95 bits per heavy atom. The molecule has 7 heteroatoms. The van der Waals surface area contributed by atoms with Crippen molar-refractivity contribution in [3.8, 4) is 0 Å². The molecule has 2 aromatic heterocycles. The zero-order valence-electron chi connectivity index (χ0n) is 12.1. The molecule has 2 N–H and O–H groups in total. The number of fused-ring (bicyclic) bond motifs is 1. The van der Waals surface area contributed by atoms with Crippen LogP contribution in [0.4, 0.5) is 5.82 Å². The summed E-state index contributed by atoms with van der Waals surface area (Å²) in [5.74, 6) is 0.655. The van der Waals surface area contributed by atoms with Crippen molar-refractivity contribution in [2.45, 2.75) is 33.2 Å². The van der Waals surface area contributed by atoms with Gasteiger partial charge in [-0.3, -0.25) is 14.2 Å². The third kappa shape index (κ3) is 3.36. The van der Waals surface area contributed by atoms with E-state index in [4.69, 9.17) is 10.5 Å². The maximum Gasteiger partial charge on any atom is 0.305 e. The fraction of sp³-hybridized carbons (Fsp3) is 0.429. The number of rotatable bonds is 5. The molecule has 0 spiro atoms. The van der Waals surface area contributed by atoms with Crippen LogP contribution < -0.4 is 11.3 Å². The van der Waals surface area contributed by atoms with Crippen molar-refractivity contribution in [3.63, 3.8) is 0 Å². The number of aryl methyl sites for hydroxylation is 1. The molecule has 0 saturated heterocycles. The summed E-state index contributed by atoms with van der Waals surface area (Å²) in [5, 5.41) is 0.422. The van der Waals surface area contributed by atoms with E-state index in [1.807, 2.05) is 0 Å². The molecule has 2 rings (SSSR count). The lowest BCUT2D eigenvalue weighted by Crippen LogP contribution is -2.24. The zero-order chi connectivity index (χ0) is 15.4. The van der Waals surface area contributed by atoms with Crippen LogP contribution in [0.5, 0.6) is 0 Å². The Morgan fingerprint density at radius 1 is 1.48 bits per heavy atom. The van der Waals surface area contributed by atoms with Gasteiger partial charge in [-0.25, -0.2) is 9.97 Å². The highest BCUT2D eigenvalue weighted by molar-refractivity contribution is 5.78. The minimum absolute atomic E-state index is 0.172. The quantitative estimate of drug-likeness (QED) is 0.825. The first-order valence-electron chi connectivity index (χ1n) is 6.81. The molecule has 21 heavy (non-hydrogen) atoms. The van der Waals surface area contributed by atoms with Crippen molar-refractivity contribution in [1.82, 2.24) is 14.5 Å². The van der Waals surface area contributed by atoms with Gasteiger partial charge in [0.2, 0.25) is 0 Å². The number of carbonyl (C=O) groups excluding carboxylic acids is 1. The van der Waals surface area contributed by atoms with E-state index in [1.165, 1.54) is 6.20 Å². The number of pyridine rings is 1. The second-order valence-electron chi connectivity index (χ2n) is 4.65. The Balaban J connectivity index is 2.22. The first-order valence-corrected chi connectivity index (χ1v) is 6.81. The summed E-state index contributed by atoms with van der Waals surface area (Å²) in [6, 6.07) is 1.58. The van der Waals surface area contributed by atoms with Crippen LogP contribution in [0.1, 0.15) is 25.6 Å². The number of esters is 1. The molecule has 0 aromatic carbocycles. The molecular weight excluding hydrogens is 272 g/mol. The van der Waals surface area contributed by atoms with Gasteiger partial charge in [0.05, 0.1) is 17.5 Å². The van der Waals surface area contributed by atoms with Gasteiger partial charge in [0.15, 0.2) is 0 Å². The van der Waals surface area contributed by atoms with Gasteiger partial charge in [-0.05, 0) is 20.3 Å². The average molecular weight is 290 g/mol. The van der Waals surface area contributed by atoms with Crippen LogP contribution in [0.25, 0.3) is 10.9 Å². The van der Waals surface area contributed by atoms with Crippen molar-refractivity contribution in [2.75, 3.05) is 12.3 Å². The zero-order valence-corrected chi connectivity index (χ0v) is 12.1. The Bertz CT molecular complexity index is 724. The highest BCUT2D eigenvalue weighted by Gasteiger charge is 2.10. The van der Waals surface area contributed by atoms with Crippen molar-refractivity contribution >= 4 is 22.7 Å². The van der Waals surface area contributed by atoms with Crippen LogP contribution in [0.15, 0.2) is 17.1 Å². The highest BCUT2D eigenvalue weighted by Crippen LogP contribution is 2.10. The summed E-state index contributed by atoms with van der Waals surface area (Å²) in [5.41, 5.74) is 5.95. The summed E-state index contributed by atoms with van der Waals surface area (Å²) in [6.07, 6.45) is 2.23. The second-order valence-corrected chi connectivity index (χ2v) is 4.65. The number of aromatic nitrogens is 3. The van der Waals surface area contributed by atoms with Crippen LogP contribution in [0.2, 0.25) is 0 Å². The van der Waals surface area contributed by atoms with Crippen LogP contribution in [-0.4, -0.2) is 27.1 Å². The molecule has 0 aliphatic rings. The lowest BCUT2D eigenvalue weighted by atomic mass is 10.2. The molecule has 2 aromatic rings. The number of nitrogen functional groups attached to an aromatic ring is 1. The van der Waals surface area contributed by atoms with Crippen LogP contribution in [0.3, 0.4) is 0 Å². The van der Waals surface area contributed by atoms with Crippen LogP contribution in [0, 0.1) is 6.92 Å². The molecule has 0 unspecified atom stereocenters. The van der Waals surface area contributed by atoms with E-state index in [-0.39, 0.29) is 17.9 Å². The Hall–Kier alpha value is -2.44. The number of carbonyl (C=O) groups is 1. The van der Waals surface area contributed by atoms with Gasteiger partial charge in [-0.2, -0.15) is 0 Å². The molecule has 0 aliphatic carbocycles. The predicted octanol–water partition coefficient (Wildman–Crippen LogP) is 1.03. The average Bonchev–Trinajstić information content (AvgIpc) is 2.42. The lowest BCUT2D eigenvalue weighted by Gasteiger charge is -2.10. The third-order valence-corrected chi connectivity index (χ3v) is 3.12. The lowest BCUT2D eigenvalue weighted by molar-refractivity contribution is -0.143. The minimum atomic E-state index is -0.258. The van der Waals surface area contributed by atoms with Gasteiger partial charge < -0.3 is 10.5 Å². The first-order chi connectivity index (χ1) is 10.0. The monoisotopic (exact) mass is 290 g/mol. The van der Waals surface area contributed by atoms with Crippen molar-refractivity contribution < 1.29 is 9.53 Å². The molecule has 2 heterocycles. The SMILES string of the molecule is CCOC(=O)CCCn1c(C)nc2cc(N)ncc2c1=O. The number of hydrogen-bond donors (Lipinski definition) is 1. The molecule has 0 fully saturated rings. The normalized spacial score (nSPS) is 10.8. The molecule has 0 amide bonds. The Labute approximate surface area is 121 Å². The minimum Gasteiger partial charge on any atom is -0.466 e. The van der Waals surface area contributed by atoms with Gasteiger partial charge in [0.1, 0.15) is 11.6 Å². The topological polar surface area (TPSA) is 100 Å². The highest BCUT2D eigenvalue weighted by atomic mass is 16.5. The molecule has 7 nitrogen and oxygen atoms in total. The van der Waals surface area contributed by atoms with Gasteiger partial charge in [0, 0.05) is 25.2 Å². The number of nitrogens with zero attached hydrogens (tertiary/aromatic N) is 3. The molecule has 0 aliphatic heterocycles. The van der Waals surface area contributed by atoms with Gasteiger partial charge in [-0.15, -0.1) is 0 Å². The van der Waals surface area contributed by atoms with E-state index in [2.05, 4.69) is 9.97 Å². The van der Waals surface area contributed by atoms with E-state index < -0.39 is 0 Å². The van der Waals surface area contributed by atoms with Crippen molar-refractivity contribution in [2.24, 2.45) is 0 Å². The standard InChI is InChI=1S/C14H18N4O3/c1-3-21-13(19)5-4-6-18-9(2)17-11-7-12(15)16-8-10(11)14(18)20/h7-8H,3-6H2,1-2H3,(H2,15,16). The van der Waals surface area contributed by atoms with Crippen LogP contribution in [-0.2, 0) is 16.1 Å². The number of ether oxygens (including phenoxy) is 1. The first kappa shape index (κ1) is 15.0. The number of anilines is 1. The van der Waals surface area contributed by atoms with Crippen molar-refractivity contribution in [3.05, 3.63) is 28.4 Å². The van der Waals surface area contributed by atoms with Crippen LogP contribution >= 0.6 is 0 Å². The van der Waals surface area contributed by atoms with E-state index >= 15 is 0 Å². The summed E-state index contributed by atoms with van der Waals surface area (Å²) in [4.78, 5) is 32.0. The van der Waals surface area contributed by atoms with Gasteiger partial charge in [-0.1, -0.05) is 0 Å². The van der Waals surface area contributed by atoms with E-state index in [1.54, 1.807) is 24.5 Å². The Kier molecular flexibility index (Phi) is 4.52. The summed E-state index contributed by atoms with van der Waals surface area (Å²) in [7, 11) is 0. The van der Waals surface area contributed by atoms with E-state index in [0.29, 0.717) is 42.1 Å². The molecule has 0 atom stereocenters. The van der Waals surface area contributed by atoms with Crippen molar-refractivity contribution in [1.29, 1.82) is 0 Å². The molecule has 0 bridgehead atoms. The summed E-state index contributed by atoms with van der Waals surface area (Å²) < 4.78 is 6.40. The summed E-state index contributed by atoms with van der Waals surface area (Å²) in [6.45, 7) is 4.29. The maximum atomic E-state index is 12.4. The number of hydrogen-bond acceptors (Lipinski definition) is 6. The van der Waals surface area contributed by atoms with E-state index in [0.717, 1.165) is 0 Å². The smallest absolute Gasteiger partial charge is 0.305 e. The number of nitrogens with two attached hydrogens (primary N) is 1. The fourth-order valence-electron chi connectivity index (χ4n) is 2.12.